The van der Waals surface area contributed by atoms with E-state index in [-0.39, 0.29) is 22.6 Å². The lowest BCUT2D eigenvalue weighted by atomic mass is 9.97. The van der Waals surface area contributed by atoms with E-state index in [9.17, 15) is 23.6 Å². The van der Waals surface area contributed by atoms with E-state index in [0.717, 1.165) is 16.0 Å². The van der Waals surface area contributed by atoms with Crippen LogP contribution in [0.5, 0.6) is 0 Å². The molecule has 0 spiro atoms. The topological polar surface area (TPSA) is 92.8 Å². The lowest BCUT2D eigenvalue weighted by molar-refractivity contribution is -0.122. The van der Waals surface area contributed by atoms with Crippen molar-refractivity contribution in [2.45, 2.75) is 6.42 Å². The fourth-order valence-corrected chi connectivity index (χ4v) is 3.61. The third-order valence-electron chi connectivity index (χ3n) is 5.29. The van der Waals surface area contributed by atoms with Gasteiger partial charge in [-0.15, -0.1) is 0 Å². The maximum Gasteiger partial charge on any atom is 0.337 e. The number of ether oxygens (including phenoxy) is 1. The van der Waals surface area contributed by atoms with E-state index in [1.807, 2.05) is 6.07 Å². The zero-order valence-electron chi connectivity index (χ0n) is 18.1. The number of amides is 4. The van der Waals surface area contributed by atoms with Crippen LogP contribution in [0, 0.1) is 5.82 Å². The van der Waals surface area contributed by atoms with Crippen LogP contribution in [0.4, 0.5) is 14.9 Å². The number of imide groups is 2. The Labute approximate surface area is 194 Å². The summed E-state index contributed by atoms with van der Waals surface area (Å²) >= 11 is 0. The van der Waals surface area contributed by atoms with Gasteiger partial charge in [-0.2, -0.15) is 0 Å². The Kier molecular flexibility index (Phi) is 6.31. The van der Waals surface area contributed by atoms with Gasteiger partial charge in [-0.05, 0) is 65.6 Å². The van der Waals surface area contributed by atoms with Gasteiger partial charge in [0, 0.05) is 0 Å². The van der Waals surface area contributed by atoms with E-state index in [1.54, 1.807) is 30.3 Å². The maximum atomic E-state index is 13.6. The van der Waals surface area contributed by atoms with Crippen LogP contribution >= 0.6 is 0 Å². The zero-order chi connectivity index (χ0) is 24.2. The minimum absolute atomic E-state index is 0.182. The summed E-state index contributed by atoms with van der Waals surface area (Å²) in [5, 5.41) is 2.17. The third kappa shape index (κ3) is 4.61. The molecule has 3 aromatic rings. The quantitative estimate of drug-likeness (QED) is 0.356. The van der Waals surface area contributed by atoms with Crippen molar-refractivity contribution in [2.75, 3.05) is 12.0 Å². The van der Waals surface area contributed by atoms with Crippen molar-refractivity contribution in [3.8, 4) is 0 Å². The van der Waals surface area contributed by atoms with Crippen LogP contribution in [-0.2, 0) is 20.7 Å². The number of urea groups is 1. The highest BCUT2D eigenvalue weighted by atomic mass is 19.1. The first-order valence-corrected chi connectivity index (χ1v) is 10.3. The van der Waals surface area contributed by atoms with Crippen molar-refractivity contribution in [3.05, 3.63) is 106 Å². The summed E-state index contributed by atoms with van der Waals surface area (Å²) in [5.41, 5.74) is 2.28. The average Bonchev–Trinajstić information content (AvgIpc) is 2.82. The molecule has 3 aromatic carbocycles. The Hall–Kier alpha value is -4.59. The second-order valence-electron chi connectivity index (χ2n) is 7.50. The largest absolute Gasteiger partial charge is 0.465 e. The Morgan fingerprint density at radius 1 is 1.00 bits per heavy atom. The lowest BCUT2D eigenvalue weighted by Gasteiger charge is -2.26. The number of methoxy groups -OCH3 is 1. The van der Waals surface area contributed by atoms with Crippen LogP contribution in [0.15, 0.2) is 78.4 Å². The van der Waals surface area contributed by atoms with Crippen LogP contribution in [0.1, 0.15) is 27.0 Å². The molecule has 0 aromatic heterocycles. The molecule has 0 saturated carbocycles. The van der Waals surface area contributed by atoms with Gasteiger partial charge in [0.25, 0.3) is 11.8 Å². The number of carbonyl (C=O) groups excluding carboxylic acids is 4. The van der Waals surface area contributed by atoms with Crippen molar-refractivity contribution in [1.82, 2.24) is 5.32 Å². The van der Waals surface area contributed by atoms with Gasteiger partial charge in [-0.1, -0.05) is 36.4 Å². The molecule has 4 amide bonds. The number of anilines is 1. The van der Waals surface area contributed by atoms with E-state index in [1.165, 1.54) is 49.6 Å². The first-order chi connectivity index (χ1) is 16.4. The Morgan fingerprint density at radius 3 is 2.44 bits per heavy atom. The van der Waals surface area contributed by atoms with Gasteiger partial charge in [0.05, 0.1) is 18.4 Å². The van der Waals surface area contributed by atoms with E-state index in [4.69, 9.17) is 0 Å². The van der Waals surface area contributed by atoms with Crippen molar-refractivity contribution in [1.29, 1.82) is 0 Å². The number of nitrogens with zero attached hydrogens (tertiary/aromatic N) is 1. The summed E-state index contributed by atoms with van der Waals surface area (Å²) in [6, 6.07) is 18.0. The SMILES string of the molecule is COC(=O)c1ccc(N2C(=O)NC(=O)/C(=C\c3ccccc3Cc3cccc(F)c3)C2=O)cc1. The summed E-state index contributed by atoms with van der Waals surface area (Å²) in [6.45, 7) is 0. The number of hydrogen-bond donors (Lipinski definition) is 1. The number of rotatable bonds is 5. The molecule has 1 fully saturated rings. The predicted octanol–water partition coefficient (Wildman–Crippen LogP) is 3.87. The lowest BCUT2D eigenvalue weighted by Crippen LogP contribution is -2.54. The number of hydrogen-bond acceptors (Lipinski definition) is 5. The molecule has 0 bridgehead atoms. The number of carbonyl (C=O) groups is 4. The predicted molar refractivity (Wildman–Crippen MR) is 122 cm³/mol. The number of esters is 1. The molecule has 1 heterocycles. The van der Waals surface area contributed by atoms with Crippen molar-refractivity contribution in [2.24, 2.45) is 0 Å². The molecule has 0 atom stereocenters. The van der Waals surface area contributed by atoms with Gasteiger partial charge in [0.15, 0.2) is 0 Å². The molecule has 1 N–H and O–H groups in total. The molecule has 170 valence electrons. The number of benzene rings is 3. The monoisotopic (exact) mass is 458 g/mol. The molecule has 0 unspecified atom stereocenters. The fourth-order valence-electron chi connectivity index (χ4n) is 3.61. The third-order valence-corrected chi connectivity index (χ3v) is 5.29. The second kappa shape index (κ2) is 9.50. The molecule has 4 rings (SSSR count). The normalized spacial score (nSPS) is 14.8. The molecular weight excluding hydrogens is 439 g/mol. The van der Waals surface area contributed by atoms with Crippen LogP contribution in [0.3, 0.4) is 0 Å². The minimum Gasteiger partial charge on any atom is -0.465 e. The van der Waals surface area contributed by atoms with E-state index in [0.29, 0.717) is 12.0 Å². The molecule has 8 heteroatoms. The number of halogens is 1. The summed E-state index contributed by atoms with van der Waals surface area (Å²) in [6.07, 6.45) is 1.79. The summed E-state index contributed by atoms with van der Waals surface area (Å²) < 4.78 is 18.3. The van der Waals surface area contributed by atoms with Crippen molar-refractivity contribution in [3.63, 3.8) is 0 Å². The first kappa shape index (κ1) is 22.6. The van der Waals surface area contributed by atoms with Gasteiger partial charge in [-0.3, -0.25) is 14.9 Å². The van der Waals surface area contributed by atoms with E-state index in [2.05, 4.69) is 10.1 Å². The molecule has 0 radical (unpaired) electrons. The average molecular weight is 458 g/mol. The van der Waals surface area contributed by atoms with E-state index >= 15 is 0 Å². The molecule has 0 aliphatic carbocycles. The zero-order valence-corrected chi connectivity index (χ0v) is 18.1. The molecule has 34 heavy (non-hydrogen) atoms. The molecule has 1 saturated heterocycles. The minimum atomic E-state index is -0.897. The highest BCUT2D eigenvalue weighted by Crippen LogP contribution is 2.24. The number of barbiturate groups is 1. The van der Waals surface area contributed by atoms with Gasteiger partial charge >= 0.3 is 12.0 Å². The Bertz CT molecular complexity index is 1330. The Balaban J connectivity index is 1.67. The van der Waals surface area contributed by atoms with Crippen molar-refractivity contribution < 1.29 is 28.3 Å². The molecular formula is C26H19FN2O5. The summed E-state index contributed by atoms with van der Waals surface area (Å²) in [4.78, 5) is 50.6. The summed E-state index contributed by atoms with van der Waals surface area (Å²) in [7, 11) is 1.24. The molecule has 1 aliphatic rings. The van der Waals surface area contributed by atoms with Crippen LogP contribution < -0.4 is 10.2 Å². The van der Waals surface area contributed by atoms with Gasteiger partial charge < -0.3 is 4.74 Å². The summed E-state index contributed by atoms with van der Waals surface area (Å²) in [5.74, 6) is -2.55. The fraction of sp³-hybridized carbons (Fsp3) is 0.0769. The first-order valence-electron chi connectivity index (χ1n) is 10.3. The van der Waals surface area contributed by atoms with Crippen LogP contribution in [0.25, 0.3) is 6.08 Å². The molecule has 1 aliphatic heterocycles. The van der Waals surface area contributed by atoms with E-state index < -0.39 is 23.8 Å². The highest BCUT2D eigenvalue weighted by Gasteiger charge is 2.37. The van der Waals surface area contributed by atoms with Gasteiger partial charge in [0.2, 0.25) is 0 Å². The molecule has 7 nitrogen and oxygen atoms in total. The smallest absolute Gasteiger partial charge is 0.337 e. The van der Waals surface area contributed by atoms with Crippen LogP contribution in [-0.4, -0.2) is 30.9 Å². The Morgan fingerprint density at radius 2 is 1.74 bits per heavy atom. The van der Waals surface area contributed by atoms with Crippen LogP contribution in [0.2, 0.25) is 0 Å². The highest BCUT2D eigenvalue weighted by molar-refractivity contribution is 6.39. The standard InChI is InChI=1S/C26H19FN2O5/c1-34-25(32)17-9-11-21(12-10-17)29-24(31)22(23(30)28-26(29)33)15-19-7-3-2-6-18(19)13-16-5-4-8-20(27)14-16/h2-12,14-15H,13H2,1H3,(H,28,30,33)/b22-15+. The maximum absolute atomic E-state index is 13.6. The van der Waals surface area contributed by atoms with Gasteiger partial charge in [0.1, 0.15) is 11.4 Å². The number of nitrogens with one attached hydrogen (secondary N) is 1. The van der Waals surface area contributed by atoms with Gasteiger partial charge in [-0.25, -0.2) is 18.9 Å². The van der Waals surface area contributed by atoms with Crippen molar-refractivity contribution >= 4 is 35.6 Å². The second-order valence-corrected chi connectivity index (χ2v) is 7.50.